The molecule has 17 heavy (non-hydrogen) atoms. The summed E-state index contributed by atoms with van der Waals surface area (Å²) in [5.41, 5.74) is 6.13. The normalized spacial score (nSPS) is 45.7. The molecule has 2 heterocycles. The zero-order chi connectivity index (χ0) is 11.8. The van der Waals surface area contributed by atoms with Gasteiger partial charge in [-0.05, 0) is 19.3 Å². The summed E-state index contributed by atoms with van der Waals surface area (Å²) in [6.45, 7) is 0.772. The first-order chi connectivity index (χ1) is 8.24. The first kappa shape index (κ1) is 11.4. The van der Waals surface area contributed by atoms with E-state index in [1.165, 1.54) is 0 Å². The van der Waals surface area contributed by atoms with Gasteiger partial charge in [0.05, 0.1) is 12.5 Å². The summed E-state index contributed by atoms with van der Waals surface area (Å²) >= 11 is 0. The van der Waals surface area contributed by atoms with Crippen molar-refractivity contribution >= 4 is 5.97 Å². The van der Waals surface area contributed by atoms with E-state index in [4.69, 9.17) is 19.9 Å². The molecular weight excluding hydrogens is 222 g/mol. The summed E-state index contributed by atoms with van der Waals surface area (Å²) in [5.74, 6) is 0.0129. The average molecular weight is 241 g/mol. The van der Waals surface area contributed by atoms with E-state index in [0.717, 1.165) is 32.3 Å². The molecule has 2 saturated heterocycles. The molecule has 3 rings (SSSR count). The maximum absolute atomic E-state index is 11.2. The number of rotatable bonds is 2. The third-order valence-corrected chi connectivity index (χ3v) is 4.02. The molecular formula is C12H19NO4. The van der Waals surface area contributed by atoms with Crippen LogP contribution in [0.5, 0.6) is 0 Å². The predicted molar refractivity (Wildman–Crippen MR) is 59.0 cm³/mol. The molecule has 3 aliphatic rings. The largest absolute Gasteiger partial charge is 0.462 e. The summed E-state index contributed by atoms with van der Waals surface area (Å²) in [4.78, 5) is 11.2. The monoisotopic (exact) mass is 241 g/mol. The Balaban J connectivity index is 1.57. The molecule has 0 aromatic rings. The summed E-state index contributed by atoms with van der Waals surface area (Å²) < 4.78 is 16.7. The zero-order valence-corrected chi connectivity index (χ0v) is 9.84. The minimum atomic E-state index is -0.122. The predicted octanol–water partition coefficient (Wildman–Crippen LogP) is 0.561. The van der Waals surface area contributed by atoms with Crippen molar-refractivity contribution in [3.63, 3.8) is 0 Å². The highest BCUT2D eigenvalue weighted by molar-refractivity contribution is 5.72. The van der Waals surface area contributed by atoms with Crippen LogP contribution in [0.1, 0.15) is 32.1 Å². The summed E-state index contributed by atoms with van der Waals surface area (Å²) in [6, 6.07) is -0.100. The average Bonchev–Trinajstić information content (AvgIpc) is 2.81. The van der Waals surface area contributed by atoms with Crippen LogP contribution in [-0.4, -0.2) is 37.1 Å². The second kappa shape index (κ2) is 4.55. The SMILES string of the molecule is N[C@@H]1[C@@H]2CC(=O)O[C@@H]2C[C@H]1OC1CCCCO1. The van der Waals surface area contributed by atoms with Gasteiger partial charge in [-0.2, -0.15) is 0 Å². The van der Waals surface area contributed by atoms with Crippen LogP contribution >= 0.6 is 0 Å². The molecule has 3 fully saturated rings. The molecule has 1 saturated carbocycles. The number of nitrogens with two attached hydrogens (primary N) is 1. The lowest BCUT2D eigenvalue weighted by molar-refractivity contribution is -0.191. The number of hydrogen-bond acceptors (Lipinski definition) is 5. The highest BCUT2D eigenvalue weighted by Gasteiger charge is 2.49. The Labute approximate surface area is 101 Å². The van der Waals surface area contributed by atoms with Crippen LogP contribution in [0, 0.1) is 5.92 Å². The maximum atomic E-state index is 11.2. The summed E-state index contributed by atoms with van der Waals surface area (Å²) in [7, 11) is 0. The number of esters is 1. The Morgan fingerprint density at radius 1 is 1.35 bits per heavy atom. The molecule has 0 radical (unpaired) electrons. The maximum Gasteiger partial charge on any atom is 0.306 e. The van der Waals surface area contributed by atoms with Gasteiger partial charge in [-0.15, -0.1) is 0 Å². The molecule has 2 N–H and O–H groups in total. The quantitative estimate of drug-likeness (QED) is 0.715. The van der Waals surface area contributed by atoms with Crippen LogP contribution in [0.2, 0.25) is 0 Å². The van der Waals surface area contributed by atoms with Crippen molar-refractivity contribution in [3.05, 3.63) is 0 Å². The van der Waals surface area contributed by atoms with Crippen molar-refractivity contribution in [1.29, 1.82) is 0 Å². The molecule has 5 nitrogen and oxygen atoms in total. The second-order valence-electron chi connectivity index (χ2n) is 5.18. The van der Waals surface area contributed by atoms with Crippen molar-refractivity contribution < 1.29 is 19.0 Å². The summed E-state index contributed by atoms with van der Waals surface area (Å²) in [5, 5.41) is 0. The van der Waals surface area contributed by atoms with Crippen molar-refractivity contribution in [2.75, 3.05) is 6.61 Å². The summed E-state index contributed by atoms with van der Waals surface area (Å²) in [6.07, 6.45) is 4.18. The van der Waals surface area contributed by atoms with Crippen molar-refractivity contribution in [2.45, 2.75) is 56.6 Å². The third kappa shape index (κ3) is 2.19. The van der Waals surface area contributed by atoms with Crippen LogP contribution in [-0.2, 0) is 19.0 Å². The van der Waals surface area contributed by atoms with Gasteiger partial charge in [-0.1, -0.05) is 0 Å². The van der Waals surface area contributed by atoms with Gasteiger partial charge in [-0.3, -0.25) is 4.79 Å². The van der Waals surface area contributed by atoms with Gasteiger partial charge < -0.3 is 19.9 Å². The highest BCUT2D eigenvalue weighted by atomic mass is 16.7. The Hall–Kier alpha value is -0.650. The Morgan fingerprint density at radius 2 is 2.24 bits per heavy atom. The number of carbonyl (C=O) groups excluding carboxylic acids is 1. The minimum absolute atomic E-state index is 0.0267. The standard InChI is InChI=1S/C12H19NO4/c13-12-7-5-10(14)16-8(7)6-9(12)17-11-3-1-2-4-15-11/h7-9,11-12H,1-6,13H2/t7-,8-,9-,11?,12-/m1/s1. The van der Waals surface area contributed by atoms with Gasteiger partial charge in [0.1, 0.15) is 6.10 Å². The number of fused-ring (bicyclic) bond motifs is 1. The lowest BCUT2D eigenvalue weighted by Crippen LogP contribution is -2.40. The van der Waals surface area contributed by atoms with E-state index in [2.05, 4.69) is 0 Å². The van der Waals surface area contributed by atoms with Crippen molar-refractivity contribution in [1.82, 2.24) is 0 Å². The Morgan fingerprint density at radius 3 is 2.94 bits per heavy atom. The molecule has 1 aliphatic carbocycles. The van der Waals surface area contributed by atoms with Crippen LogP contribution in [0.15, 0.2) is 0 Å². The number of hydrogen-bond donors (Lipinski definition) is 1. The third-order valence-electron chi connectivity index (χ3n) is 4.02. The van der Waals surface area contributed by atoms with Gasteiger partial charge >= 0.3 is 5.97 Å². The fraction of sp³-hybridized carbons (Fsp3) is 0.917. The van der Waals surface area contributed by atoms with Crippen LogP contribution < -0.4 is 5.73 Å². The van der Waals surface area contributed by atoms with Gasteiger partial charge in [-0.25, -0.2) is 0 Å². The molecule has 5 atom stereocenters. The van der Waals surface area contributed by atoms with E-state index >= 15 is 0 Å². The molecule has 0 aromatic heterocycles. The molecule has 0 spiro atoms. The molecule has 2 aliphatic heterocycles. The van der Waals surface area contributed by atoms with E-state index < -0.39 is 0 Å². The molecule has 0 bridgehead atoms. The molecule has 0 aromatic carbocycles. The topological polar surface area (TPSA) is 70.8 Å². The fourth-order valence-corrected chi connectivity index (χ4v) is 3.06. The van der Waals surface area contributed by atoms with Crippen LogP contribution in [0.4, 0.5) is 0 Å². The first-order valence-electron chi connectivity index (χ1n) is 6.46. The van der Waals surface area contributed by atoms with Gasteiger partial charge in [0.2, 0.25) is 0 Å². The van der Waals surface area contributed by atoms with E-state index in [-0.39, 0.29) is 36.4 Å². The van der Waals surface area contributed by atoms with Crippen LogP contribution in [0.3, 0.4) is 0 Å². The molecule has 1 unspecified atom stereocenters. The van der Waals surface area contributed by atoms with Crippen molar-refractivity contribution in [3.8, 4) is 0 Å². The lowest BCUT2D eigenvalue weighted by atomic mass is 10.0. The Bertz CT molecular complexity index is 303. The van der Waals surface area contributed by atoms with Gasteiger partial charge in [0.25, 0.3) is 0 Å². The smallest absolute Gasteiger partial charge is 0.306 e. The van der Waals surface area contributed by atoms with Crippen molar-refractivity contribution in [2.24, 2.45) is 11.7 Å². The molecule has 0 amide bonds. The highest BCUT2D eigenvalue weighted by Crippen LogP contribution is 2.38. The van der Waals surface area contributed by atoms with E-state index in [1.807, 2.05) is 0 Å². The minimum Gasteiger partial charge on any atom is -0.462 e. The fourth-order valence-electron chi connectivity index (χ4n) is 3.06. The second-order valence-corrected chi connectivity index (χ2v) is 5.18. The van der Waals surface area contributed by atoms with E-state index in [9.17, 15) is 4.79 Å². The lowest BCUT2D eigenvalue weighted by Gasteiger charge is -2.28. The zero-order valence-electron chi connectivity index (χ0n) is 9.84. The van der Waals surface area contributed by atoms with Crippen LogP contribution in [0.25, 0.3) is 0 Å². The molecule has 5 heteroatoms. The number of carbonyl (C=O) groups is 1. The first-order valence-corrected chi connectivity index (χ1v) is 6.46. The molecule has 96 valence electrons. The van der Waals surface area contributed by atoms with E-state index in [1.54, 1.807) is 0 Å². The van der Waals surface area contributed by atoms with Gasteiger partial charge in [0.15, 0.2) is 6.29 Å². The number of ether oxygens (including phenoxy) is 3. The van der Waals surface area contributed by atoms with Gasteiger partial charge in [0, 0.05) is 25.0 Å². The van der Waals surface area contributed by atoms with E-state index in [0.29, 0.717) is 6.42 Å². The Kier molecular flexibility index (Phi) is 3.06.